The van der Waals surface area contributed by atoms with Crippen LogP contribution in [0.3, 0.4) is 0 Å². The number of carbonyl (C=O) groups is 1. The Kier molecular flexibility index (Phi) is 11.3. The van der Waals surface area contributed by atoms with Gasteiger partial charge in [-0.15, -0.1) is 35.3 Å². The number of thiophene rings is 1. The molecule has 0 aliphatic heterocycles. The topological polar surface area (TPSA) is 65.5 Å². The van der Waals surface area contributed by atoms with Gasteiger partial charge in [-0.25, -0.2) is 0 Å². The van der Waals surface area contributed by atoms with E-state index in [1.54, 1.807) is 11.3 Å². The van der Waals surface area contributed by atoms with Gasteiger partial charge in [-0.1, -0.05) is 19.9 Å². The van der Waals surface area contributed by atoms with Crippen LogP contribution in [0.4, 0.5) is 0 Å². The summed E-state index contributed by atoms with van der Waals surface area (Å²) in [5.41, 5.74) is 0.00549. The number of rotatable bonds is 8. The molecule has 1 rings (SSSR count). The molecule has 1 amide bonds. The van der Waals surface area contributed by atoms with Crippen LogP contribution >= 0.6 is 35.3 Å². The molecule has 0 bridgehead atoms. The van der Waals surface area contributed by atoms with Gasteiger partial charge in [0.15, 0.2) is 5.96 Å². The highest BCUT2D eigenvalue weighted by atomic mass is 127. The fourth-order valence-electron chi connectivity index (χ4n) is 2.05. The highest BCUT2D eigenvalue weighted by Crippen LogP contribution is 2.27. The van der Waals surface area contributed by atoms with Crippen LogP contribution in [0, 0.1) is 0 Å². The predicted octanol–water partition coefficient (Wildman–Crippen LogP) is 3.11. The van der Waals surface area contributed by atoms with Gasteiger partial charge < -0.3 is 16.0 Å². The second kappa shape index (κ2) is 11.7. The molecule has 0 saturated heterocycles. The normalized spacial score (nSPS) is 11.8. The molecule has 5 nitrogen and oxygen atoms in total. The van der Waals surface area contributed by atoms with Crippen molar-refractivity contribution in [3.05, 3.63) is 22.4 Å². The molecule has 0 aliphatic carbocycles. The molecule has 0 atom stereocenters. The van der Waals surface area contributed by atoms with Crippen LogP contribution in [-0.4, -0.2) is 37.5 Å². The van der Waals surface area contributed by atoms with Crippen LogP contribution in [0.2, 0.25) is 0 Å². The molecular formula is C17H31IN4OS. The highest BCUT2D eigenvalue weighted by Gasteiger charge is 2.21. The van der Waals surface area contributed by atoms with E-state index in [1.165, 1.54) is 4.88 Å². The number of guanidine groups is 1. The predicted molar refractivity (Wildman–Crippen MR) is 115 cm³/mol. The summed E-state index contributed by atoms with van der Waals surface area (Å²) in [5.74, 6) is 0.816. The van der Waals surface area contributed by atoms with E-state index in [9.17, 15) is 4.79 Å². The minimum atomic E-state index is 0. The van der Waals surface area contributed by atoms with Crippen molar-refractivity contribution in [1.29, 1.82) is 0 Å². The lowest BCUT2D eigenvalue weighted by atomic mass is 9.92. The lowest BCUT2D eigenvalue weighted by Crippen LogP contribution is -2.40. The number of aliphatic imine (C=N–C) groups is 1. The molecule has 0 unspecified atom stereocenters. The second-order valence-electron chi connectivity index (χ2n) is 6.46. The van der Waals surface area contributed by atoms with Crippen LogP contribution in [0.1, 0.15) is 45.9 Å². The van der Waals surface area contributed by atoms with Crippen molar-refractivity contribution >= 4 is 47.2 Å². The van der Waals surface area contributed by atoms with Crippen LogP contribution in [0.25, 0.3) is 0 Å². The van der Waals surface area contributed by atoms with Crippen molar-refractivity contribution in [2.24, 2.45) is 4.99 Å². The lowest BCUT2D eigenvalue weighted by molar-refractivity contribution is -0.121. The largest absolute Gasteiger partial charge is 0.357 e. The maximum absolute atomic E-state index is 11.7. The summed E-state index contributed by atoms with van der Waals surface area (Å²) in [5, 5.41) is 11.4. The Morgan fingerprint density at radius 3 is 2.58 bits per heavy atom. The Morgan fingerprint density at radius 1 is 1.33 bits per heavy atom. The summed E-state index contributed by atoms with van der Waals surface area (Å²) in [7, 11) is 0. The number of hydrogen-bond donors (Lipinski definition) is 3. The van der Waals surface area contributed by atoms with Gasteiger partial charge in [-0.05, 0) is 32.2 Å². The van der Waals surface area contributed by atoms with E-state index in [-0.39, 0.29) is 41.3 Å². The average molecular weight is 466 g/mol. The lowest BCUT2D eigenvalue weighted by Gasteiger charge is -2.21. The van der Waals surface area contributed by atoms with Gasteiger partial charge in [-0.3, -0.25) is 9.79 Å². The van der Waals surface area contributed by atoms with Gasteiger partial charge in [0, 0.05) is 35.8 Å². The SMILES string of the molecule is CCNC(=NCC(C)(C)c1cccs1)NCCC(=O)NC(C)C.I. The van der Waals surface area contributed by atoms with Crippen molar-refractivity contribution in [2.75, 3.05) is 19.6 Å². The van der Waals surface area contributed by atoms with Crippen molar-refractivity contribution in [3.63, 3.8) is 0 Å². The summed E-state index contributed by atoms with van der Waals surface area (Å²) >= 11 is 1.76. The Balaban J connectivity index is 0.00000529. The molecular weight excluding hydrogens is 435 g/mol. The van der Waals surface area contributed by atoms with Gasteiger partial charge in [0.1, 0.15) is 0 Å². The molecule has 24 heavy (non-hydrogen) atoms. The summed E-state index contributed by atoms with van der Waals surface area (Å²) in [6, 6.07) is 4.40. The van der Waals surface area contributed by atoms with Gasteiger partial charge in [-0.2, -0.15) is 0 Å². The minimum absolute atomic E-state index is 0. The standard InChI is InChI=1S/C17H30N4OS.HI/c1-6-18-16(19-10-9-15(22)21-13(2)3)20-12-17(4,5)14-8-7-11-23-14;/h7-8,11,13H,6,9-10,12H2,1-5H3,(H,21,22)(H2,18,19,20);1H. The van der Waals surface area contributed by atoms with E-state index in [1.807, 2.05) is 20.8 Å². The summed E-state index contributed by atoms with van der Waals surface area (Å²) < 4.78 is 0. The van der Waals surface area contributed by atoms with E-state index in [2.05, 4.69) is 52.3 Å². The number of nitrogens with zero attached hydrogens (tertiary/aromatic N) is 1. The van der Waals surface area contributed by atoms with Crippen molar-refractivity contribution in [1.82, 2.24) is 16.0 Å². The van der Waals surface area contributed by atoms with Gasteiger partial charge >= 0.3 is 0 Å². The first-order chi connectivity index (χ1) is 10.8. The first-order valence-corrected chi connectivity index (χ1v) is 9.08. The van der Waals surface area contributed by atoms with Gasteiger partial charge in [0.2, 0.25) is 5.91 Å². The van der Waals surface area contributed by atoms with E-state index >= 15 is 0 Å². The van der Waals surface area contributed by atoms with E-state index in [0.29, 0.717) is 19.5 Å². The second-order valence-corrected chi connectivity index (χ2v) is 7.40. The number of carbonyl (C=O) groups excluding carboxylic acids is 1. The third kappa shape index (κ3) is 8.86. The molecule has 138 valence electrons. The van der Waals surface area contributed by atoms with Gasteiger partial charge in [0.25, 0.3) is 0 Å². The Morgan fingerprint density at radius 2 is 2.04 bits per heavy atom. The van der Waals surface area contributed by atoms with E-state index in [4.69, 9.17) is 0 Å². The Hall–Kier alpha value is -0.830. The van der Waals surface area contributed by atoms with E-state index < -0.39 is 0 Å². The third-order valence-corrected chi connectivity index (χ3v) is 4.49. The molecule has 1 aromatic heterocycles. The monoisotopic (exact) mass is 466 g/mol. The van der Waals surface area contributed by atoms with Crippen LogP contribution in [0.5, 0.6) is 0 Å². The molecule has 3 N–H and O–H groups in total. The number of amides is 1. The summed E-state index contributed by atoms with van der Waals surface area (Å²) in [6.45, 7) is 12.4. The zero-order chi connectivity index (χ0) is 17.3. The fraction of sp³-hybridized carbons (Fsp3) is 0.647. The average Bonchev–Trinajstić information content (AvgIpc) is 2.99. The third-order valence-electron chi connectivity index (χ3n) is 3.26. The van der Waals surface area contributed by atoms with E-state index in [0.717, 1.165) is 12.5 Å². The first-order valence-electron chi connectivity index (χ1n) is 8.20. The smallest absolute Gasteiger partial charge is 0.221 e. The van der Waals surface area contributed by atoms with Crippen LogP contribution in [0.15, 0.2) is 22.5 Å². The maximum atomic E-state index is 11.7. The quantitative estimate of drug-likeness (QED) is 0.314. The molecule has 1 heterocycles. The fourth-order valence-corrected chi connectivity index (χ4v) is 2.89. The van der Waals surface area contributed by atoms with Crippen LogP contribution < -0.4 is 16.0 Å². The number of nitrogens with one attached hydrogen (secondary N) is 3. The molecule has 0 spiro atoms. The Bertz CT molecular complexity index is 501. The summed E-state index contributed by atoms with van der Waals surface area (Å²) in [4.78, 5) is 17.7. The molecule has 0 saturated carbocycles. The summed E-state index contributed by atoms with van der Waals surface area (Å²) in [6.07, 6.45) is 0.441. The van der Waals surface area contributed by atoms with Crippen LogP contribution in [-0.2, 0) is 10.2 Å². The van der Waals surface area contributed by atoms with Crippen molar-refractivity contribution in [2.45, 2.75) is 52.5 Å². The number of halogens is 1. The molecule has 1 aromatic rings. The highest BCUT2D eigenvalue weighted by molar-refractivity contribution is 14.0. The molecule has 0 aromatic carbocycles. The first kappa shape index (κ1) is 23.2. The zero-order valence-electron chi connectivity index (χ0n) is 15.3. The molecule has 0 fully saturated rings. The zero-order valence-corrected chi connectivity index (χ0v) is 18.5. The van der Waals surface area contributed by atoms with Crippen molar-refractivity contribution < 1.29 is 4.79 Å². The molecule has 0 radical (unpaired) electrons. The molecule has 0 aliphatic rings. The number of hydrogen-bond acceptors (Lipinski definition) is 3. The van der Waals surface area contributed by atoms with Gasteiger partial charge in [0.05, 0.1) is 6.54 Å². The minimum Gasteiger partial charge on any atom is -0.357 e. The van der Waals surface area contributed by atoms with Crippen molar-refractivity contribution in [3.8, 4) is 0 Å². The maximum Gasteiger partial charge on any atom is 0.221 e. The Labute approximate surface area is 167 Å². The molecule has 7 heteroatoms.